The minimum atomic E-state index is -1.38. The minimum absolute atomic E-state index is 0.00394. The summed E-state index contributed by atoms with van der Waals surface area (Å²) in [4.78, 5) is 61.5. The van der Waals surface area contributed by atoms with E-state index < -0.39 is 66.2 Å². The second-order valence-electron chi connectivity index (χ2n) is 9.38. The van der Waals surface area contributed by atoms with Gasteiger partial charge in [0.2, 0.25) is 17.7 Å². The third-order valence-corrected chi connectivity index (χ3v) is 5.83. The molecule has 0 aliphatic heterocycles. The molecule has 0 aliphatic carbocycles. The summed E-state index contributed by atoms with van der Waals surface area (Å²) in [6.07, 6.45) is 0.815. The van der Waals surface area contributed by atoms with Crippen molar-refractivity contribution in [3.8, 4) is 5.75 Å². The van der Waals surface area contributed by atoms with E-state index in [4.69, 9.17) is 16.6 Å². The van der Waals surface area contributed by atoms with Gasteiger partial charge in [-0.15, -0.1) is 0 Å². The fourth-order valence-corrected chi connectivity index (χ4v) is 3.57. The number of unbranched alkanes of at least 4 members (excludes halogenated alkanes) is 1. The van der Waals surface area contributed by atoms with Crippen molar-refractivity contribution < 1.29 is 39.3 Å². The van der Waals surface area contributed by atoms with Crippen LogP contribution < -0.4 is 27.4 Å². The number of amides is 3. The smallest absolute Gasteiger partial charge is 0.326 e. The molecule has 13 heteroatoms. The van der Waals surface area contributed by atoms with E-state index in [2.05, 4.69) is 16.0 Å². The largest absolute Gasteiger partial charge is 0.508 e. The number of benzene rings is 1. The quantitative estimate of drug-likeness (QED) is 0.118. The van der Waals surface area contributed by atoms with Crippen LogP contribution in [0.15, 0.2) is 24.3 Å². The SMILES string of the molecule is CC(C)C(NC(=O)C(CCC(=O)O)NC(=O)C(Cc1ccc(O)cc1)NC(=O)C(N)CCCCN)C(=O)O. The Morgan fingerprint density at radius 1 is 0.842 bits per heavy atom. The molecule has 4 atom stereocenters. The molecular formula is C25H39N5O8. The zero-order chi connectivity index (χ0) is 28.8. The van der Waals surface area contributed by atoms with E-state index >= 15 is 0 Å². The van der Waals surface area contributed by atoms with Crippen LogP contribution in [0.2, 0.25) is 0 Å². The average Bonchev–Trinajstić information content (AvgIpc) is 2.85. The number of phenolic OH excluding ortho intramolecular Hbond substituents is 1. The molecule has 0 fully saturated rings. The number of hydrogen-bond acceptors (Lipinski definition) is 8. The molecule has 212 valence electrons. The van der Waals surface area contributed by atoms with E-state index in [0.717, 1.165) is 0 Å². The van der Waals surface area contributed by atoms with E-state index in [1.807, 2.05) is 0 Å². The van der Waals surface area contributed by atoms with Crippen LogP contribution in [0.3, 0.4) is 0 Å². The maximum Gasteiger partial charge on any atom is 0.326 e. The lowest BCUT2D eigenvalue weighted by atomic mass is 10.0. The Balaban J connectivity index is 3.13. The van der Waals surface area contributed by atoms with Crippen LogP contribution in [-0.4, -0.2) is 75.7 Å². The molecule has 0 aliphatic rings. The van der Waals surface area contributed by atoms with E-state index in [-0.39, 0.29) is 18.6 Å². The summed E-state index contributed by atoms with van der Waals surface area (Å²) in [5, 5.41) is 35.4. The summed E-state index contributed by atoms with van der Waals surface area (Å²) in [6.45, 7) is 3.62. The van der Waals surface area contributed by atoms with Crippen molar-refractivity contribution >= 4 is 29.7 Å². The topological polar surface area (TPSA) is 234 Å². The van der Waals surface area contributed by atoms with Crippen molar-refractivity contribution in [3.05, 3.63) is 29.8 Å². The summed E-state index contributed by atoms with van der Waals surface area (Å²) >= 11 is 0. The Labute approximate surface area is 221 Å². The average molecular weight is 538 g/mol. The zero-order valence-corrected chi connectivity index (χ0v) is 21.7. The van der Waals surface area contributed by atoms with Gasteiger partial charge in [-0.05, 0) is 49.4 Å². The predicted molar refractivity (Wildman–Crippen MR) is 138 cm³/mol. The second kappa shape index (κ2) is 16.2. The number of nitrogens with two attached hydrogens (primary N) is 2. The molecule has 0 heterocycles. The third kappa shape index (κ3) is 11.6. The lowest BCUT2D eigenvalue weighted by Crippen LogP contribution is -2.58. The number of carboxylic acids is 2. The van der Waals surface area contributed by atoms with Gasteiger partial charge in [-0.1, -0.05) is 32.4 Å². The van der Waals surface area contributed by atoms with E-state index in [0.29, 0.717) is 31.4 Å². The Morgan fingerprint density at radius 3 is 1.95 bits per heavy atom. The fraction of sp³-hybridized carbons (Fsp3) is 0.560. The van der Waals surface area contributed by atoms with Gasteiger partial charge < -0.3 is 42.7 Å². The van der Waals surface area contributed by atoms with Crippen LogP contribution in [0.25, 0.3) is 0 Å². The van der Waals surface area contributed by atoms with Crippen molar-refractivity contribution in [2.24, 2.45) is 17.4 Å². The highest BCUT2D eigenvalue weighted by Crippen LogP contribution is 2.13. The van der Waals surface area contributed by atoms with Crippen molar-refractivity contribution in [1.82, 2.24) is 16.0 Å². The van der Waals surface area contributed by atoms with Crippen molar-refractivity contribution in [2.45, 2.75) is 76.5 Å². The molecule has 1 aromatic rings. The monoisotopic (exact) mass is 537 g/mol. The lowest BCUT2D eigenvalue weighted by molar-refractivity contribution is -0.144. The van der Waals surface area contributed by atoms with Crippen LogP contribution in [0.1, 0.15) is 51.5 Å². The van der Waals surface area contributed by atoms with Gasteiger partial charge in [-0.3, -0.25) is 19.2 Å². The van der Waals surface area contributed by atoms with E-state index in [1.165, 1.54) is 12.1 Å². The molecule has 0 saturated carbocycles. The summed E-state index contributed by atoms with van der Waals surface area (Å²) in [6, 6.07) is 1.17. The summed E-state index contributed by atoms with van der Waals surface area (Å²) in [7, 11) is 0. The fourth-order valence-electron chi connectivity index (χ4n) is 3.57. The molecular weight excluding hydrogens is 498 g/mol. The summed E-state index contributed by atoms with van der Waals surface area (Å²) in [5.41, 5.74) is 12.0. The number of carboxylic acid groups (broad SMARTS) is 2. The van der Waals surface area contributed by atoms with Crippen LogP contribution in [0, 0.1) is 5.92 Å². The summed E-state index contributed by atoms with van der Waals surface area (Å²) < 4.78 is 0. The first-order chi connectivity index (χ1) is 17.8. The molecule has 0 bridgehead atoms. The van der Waals surface area contributed by atoms with Gasteiger partial charge in [0.15, 0.2) is 0 Å². The number of rotatable bonds is 17. The van der Waals surface area contributed by atoms with Crippen LogP contribution in [0.5, 0.6) is 5.75 Å². The molecule has 10 N–H and O–H groups in total. The van der Waals surface area contributed by atoms with Gasteiger partial charge in [0, 0.05) is 12.8 Å². The Hall–Kier alpha value is -3.71. The highest BCUT2D eigenvalue weighted by molar-refractivity contribution is 5.94. The first kappa shape index (κ1) is 32.3. The molecule has 4 unspecified atom stereocenters. The van der Waals surface area contributed by atoms with Crippen LogP contribution in [-0.2, 0) is 30.4 Å². The molecule has 0 saturated heterocycles. The second-order valence-corrected chi connectivity index (χ2v) is 9.38. The van der Waals surface area contributed by atoms with Crippen molar-refractivity contribution in [2.75, 3.05) is 6.54 Å². The van der Waals surface area contributed by atoms with E-state index in [1.54, 1.807) is 26.0 Å². The van der Waals surface area contributed by atoms with Crippen molar-refractivity contribution in [1.29, 1.82) is 0 Å². The lowest BCUT2D eigenvalue weighted by Gasteiger charge is -2.26. The molecule has 0 radical (unpaired) electrons. The highest BCUT2D eigenvalue weighted by Gasteiger charge is 2.31. The van der Waals surface area contributed by atoms with Gasteiger partial charge in [-0.25, -0.2) is 4.79 Å². The molecule has 0 spiro atoms. The van der Waals surface area contributed by atoms with Crippen molar-refractivity contribution in [3.63, 3.8) is 0 Å². The molecule has 3 amide bonds. The number of nitrogens with one attached hydrogen (secondary N) is 3. The molecule has 38 heavy (non-hydrogen) atoms. The maximum absolute atomic E-state index is 13.3. The Kier molecular flexibility index (Phi) is 13.8. The highest BCUT2D eigenvalue weighted by atomic mass is 16.4. The first-order valence-corrected chi connectivity index (χ1v) is 12.4. The maximum atomic E-state index is 13.3. The minimum Gasteiger partial charge on any atom is -0.508 e. The van der Waals surface area contributed by atoms with E-state index in [9.17, 15) is 34.2 Å². The van der Waals surface area contributed by atoms with Crippen LogP contribution in [0.4, 0.5) is 0 Å². The Bertz CT molecular complexity index is 954. The van der Waals surface area contributed by atoms with Gasteiger partial charge in [-0.2, -0.15) is 0 Å². The van der Waals surface area contributed by atoms with Gasteiger partial charge >= 0.3 is 11.9 Å². The standard InChI is InChI=1S/C25H39N5O8/c1-14(2)21(25(37)38)30-23(35)18(10-11-20(32)33)28-24(36)19(13-15-6-8-16(31)9-7-15)29-22(34)17(27)5-3-4-12-26/h6-9,14,17-19,21,31H,3-5,10-13,26-27H2,1-2H3,(H,28,36)(H,29,34)(H,30,35)(H,32,33)(H,37,38). The number of carbonyl (C=O) groups excluding carboxylic acids is 3. The number of hydrogen-bond donors (Lipinski definition) is 8. The Morgan fingerprint density at radius 2 is 1.42 bits per heavy atom. The first-order valence-electron chi connectivity index (χ1n) is 12.4. The molecule has 1 rings (SSSR count). The van der Waals surface area contributed by atoms with Gasteiger partial charge in [0.05, 0.1) is 6.04 Å². The molecule has 13 nitrogen and oxygen atoms in total. The zero-order valence-electron chi connectivity index (χ0n) is 21.7. The number of carbonyl (C=O) groups is 5. The number of aliphatic carboxylic acids is 2. The molecule has 0 aromatic heterocycles. The van der Waals surface area contributed by atoms with Gasteiger partial charge in [0.1, 0.15) is 23.9 Å². The number of phenols is 1. The van der Waals surface area contributed by atoms with Gasteiger partial charge in [0.25, 0.3) is 0 Å². The third-order valence-electron chi connectivity index (χ3n) is 5.83. The molecule has 1 aromatic carbocycles. The normalized spacial score (nSPS) is 14.1. The number of aromatic hydroxyl groups is 1. The predicted octanol–water partition coefficient (Wildman–Crippen LogP) is -0.549. The summed E-state index contributed by atoms with van der Waals surface area (Å²) in [5.74, 6) is -5.22. The van der Waals surface area contributed by atoms with Crippen LogP contribution >= 0.6 is 0 Å².